The van der Waals surface area contributed by atoms with Crippen LogP contribution in [0.1, 0.15) is 36.2 Å². The van der Waals surface area contributed by atoms with E-state index in [1.807, 2.05) is 13.8 Å². The zero-order valence-corrected chi connectivity index (χ0v) is 9.56. The number of Topliss-reactive ketones (excluding diaryl/α,β-unsaturated/α-hetero) is 1. The number of aryl methyl sites for hydroxylation is 1. The number of carboxylic acids is 1. The van der Waals surface area contributed by atoms with Gasteiger partial charge in [-0.2, -0.15) is 0 Å². The van der Waals surface area contributed by atoms with Crippen molar-refractivity contribution < 1.29 is 14.7 Å². The molecule has 0 aliphatic rings. The molecule has 1 rings (SSSR count). The fourth-order valence-corrected chi connectivity index (χ4v) is 1.37. The Kier molecular flexibility index (Phi) is 4.23. The highest BCUT2D eigenvalue weighted by molar-refractivity contribution is 5.87. The van der Waals surface area contributed by atoms with E-state index >= 15 is 0 Å². The monoisotopic (exact) mass is 220 g/mol. The average molecular weight is 220 g/mol. The Morgan fingerprint density at radius 1 is 1.19 bits per heavy atom. The molecule has 0 amide bonds. The Bertz CT molecular complexity index is 377. The van der Waals surface area contributed by atoms with Gasteiger partial charge in [0.25, 0.3) is 0 Å². The van der Waals surface area contributed by atoms with Crippen LogP contribution in [0.25, 0.3) is 0 Å². The third kappa shape index (κ3) is 3.50. The van der Waals surface area contributed by atoms with E-state index in [2.05, 4.69) is 0 Å². The highest BCUT2D eigenvalue weighted by Gasteiger charge is 2.07. The molecule has 3 heteroatoms. The Balaban J connectivity index is 2.56. The van der Waals surface area contributed by atoms with Gasteiger partial charge < -0.3 is 5.11 Å². The van der Waals surface area contributed by atoms with E-state index in [1.165, 1.54) is 0 Å². The first-order valence-electron chi connectivity index (χ1n) is 5.35. The van der Waals surface area contributed by atoms with Gasteiger partial charge in [0.05, 0.1) is 5.56 Å². The van der Waals surface area contributed by atoms with Gasteiger partial charge in [0.2, 0.25) is 0 Å². The topological polar surface area (TPSA) is 54.4 Å². The second-order valence-electron chi connectivity index (χ2n) is 4.12. The van der Waals surface area contributed by atoms with Crippen LogP contribution in [0.5, 0.6) is 0 Å². The molecule has 16 heavy (non-hydrogen) atoms. The molecule has 0 spiro atoms. The molecule has 0 radical (unpaired) electrons. The number of carbonyl (C=O) groups is 2. The van der Waals surface area contributed by atoms with E-state index in [1.54, 1.807) is 24.3 Å². The van der Waals surface area contributed by atoms with E-state index in [0.29, 0.717) is 12.8 Å². The summed E-state index contributed by atoms with van der Waals surface area (Å²) in [5.41, 5.74) is 1.28. The smallest absolute Gasteiger partial charge is 0.335 e. The molecule has 0 fully saturated rings. The fourth-order valence-electron chi connectivity index (χ4n) is 1.37. The predicted molar refractivity (Wildman–Crippen MR) is 61.6 cm³/mol. The lowest BCUT2D eigenvalue weighted by atomic mass is 10.0. The summed E-state index contributed by atoms with van der Waals surface area (Å²) in [5.74, 6) is -0.620. The van der Waals surface area contributed by atoms with Gasteiger partial charge in [0.1, 0.15) is 5.78 Å². The average Bonchev–Trinajstić information content (AvgIpc) is 2.26. The highest BCUT2D eigenvalue weighted by Crippen LogP contribution is 2.09. The van der Waals surface area contributed by atoms with Gasteiger partial charge in [-0.25, -0.2) is 4.79 Å². The predicted octanol–water partition coefficient (Wildman–Crippen LogP) is 2.54. The molecule has 0 unspecified atom stereocenters. The zero-order valence-electron chi connectivity index (χ0n) is 9.56. The summed E-state index contributed by atoms with van der Waals surface area (Å²) in [6.07, 6.45) is 1.20. The Morgan fingerprint density at radius 2 is 1.75 bits per heavy atom. The number of ketones is 1. The Morgan fingerprint density at radius 3 is 2.19 bits per heavy atom. The van der Waals surface area contributed by atoms with Gasteiger partial charge in [-0.3, -0.25) is 4.79 Å². The first-order chi connectivity index (χ1) is 7.50. The molecule has 3 nitrogen and oxygen atoms in total. The summed E-state index contributed by atoms with van der Waals surface area (Å²) >= 11 is 0. The van der Waals surface area contributed by atoms with E-state index in [0.717, 1.165) is 5.56 Å². The molecule has 0 atom stereocenters. The van der Waals surface area contributed by atoms with Crippen molar-refractivity contribution in [3.63, 3.8) is 0 Å². The maximum absolute atomic E-state index is 11.4. The molecule has 1 N–H and O–H groups in total. The third-order valence-electron chi connectivity index (χ3n) is 2.50. The number of carbonyl (C=O) groups excluding carboxylic acids is 1. The summed E-state index contributed by atoms with van der Waals surface area (Å²) in [6, 6.07) is 6.66. The van der Waals surface area contributed by atoms with Crippen LogP contribution >= 0.6 is 0 Å². The minimum atomic E-state index is -0.926. The minimum Gasteiger partial charge on any atom is -0.478 e. The van der Waals surface area contributed by atoms with Crippen LogP contribution in [0.15, 0.2) is 24.3 Å². The van der Waals surface area contributed by atoms with Gasteiger partial charge in [0.15, 0.2) is 0 Å². The third-order valence-corrected chi connectivity index (χ3v) is 2.50. The van der Waals surface area contributed by atoms with Crippen molar-refractivity contribution in [3.8, 4) is 0 Å². The highest BCUT2D eigenvalue weighted by atomic mass is 16.4. The number of benzene rings is 1. The van der Waals surface area contributed by atoms with Crippen molar-refractivity contribution in [2.24, 2.45) is 5.92 Å². The van der Waals surface area contributed by atoms with Crippen molar-refractivity contribution in [1.82, 2.24) is 0 Å². The van der Waals surface area contributed by atoms with E-state index in [-0.39, 0.29) is 17.3 Å². The first-order valence-corrected chi connectivity index (χ1v) is 5.35. The lowest BCUT2D eigenvalue weighted by molar-refractivity contribution is -0.121. The van der Waals surface area contributed by atoms with Crippen LogP contribution in [-0.4, -0.2) is 16.9 Å². The van der Waals surface area contributed by atoms with Crippen LogP contribution in [0.4, 0.5) is 0 Å². The van der Waals surface area contributed by atoms with Gasteiger partial charge in [-0.15, -0.1) is 0 Å². The van der Waals surface area contributed by atoms with Crippen molar-refractivity contribution in [2.45, 2.75) is 26.7 Å². The van der Waals surface area contributed by atoms with Crippen LogP contribution in [0.2, 0.25) is 0 Å². The van der Waals surface area contributed by atoms with Crippen molar-refractivity contribution >= 4 is 11.8 Å². The van der Waals surface area contributed by atoms with Gasteiger partial charge in [0, 0.05) is 12.3 Å². The van der Waals surface area contributed by atoms with E-state index in [9.17, 15) is 9.59 Å². The molecule has 0 aliphatic carbocycles. The van der Waals surface area contributed by atoms with Gasteiger partial charge in [-0.1, -0.05) is 26.0 Å². The molecular formula is C13H16O3. The standard InChI is InChI=1S/C13H16O3/c1-9(2)12(14)8-5-10-3-6-11(7-4-10)13(15)16/h3-4,6-7,9H,5,8H2,1-2H3,(H,15,16). The second kappa shape index (κ2) is 5.45. The van der Waals surface area contributed by atoms with E-state index < -0.39 is 5.97 Å². The van der Waals surface area contributed by atoms with Crippen LogP contribution in [-0.2, 0) is 11.2 Å². The Hall–Kier alpha value is -1.64. The second-order valence-corrected chi connectivity index (χ2v) is 4.12. The molecule has 0 saturated carbocycles. The van der Waals surface area contributed by atoms with Crippen LogP contribution < -0.4 is 0 Å². The fraction of sp³-hybridized carbons (Fsp3) is 0.385. The summed E-state index contributed by atoms with van der Waals surface area (Å²) < 4.78 is 0. The quantitative estimate of drug-likeness (QED) is 0.829. The largest absolute Gasteiger partial charge is 0.478 e. The molecule has 86 valence electrons. The lowest BCUT2D eigenvalue weighted by Crippen LogP contribution is -2.07. The molecule has 1 aromatic carbocycles. The minimum absolute atomic E-state index is 0.0679. The van der Waals surface area contributed by atoms with Gasteiger partial charge >= 0.3 is 5.97 Å². The number of hydrogen-bond donors (Lipinski definition) is 1. The van der Waals surface area contributed by atoms with Crippen LogP contribution in [0, 0.1) is 5.92 Å². The van der Waals surface area contributed by atoms with E-state index in [4.69, 9.17) is 5.11 Å². The molecule has 0 bridgehead atoms. The summed E-state index contributed by atoms with van der Waals surface area (Å²) in [4.78, 5) is 22.0. The Labute approximate surface area is 95.1 Å². The summed E-state index contributed by atoms with van der Waals surface area (Å²) in [5, 5.41) is 8.71. The molecule has 0 saturated heterocycles. The molecule has 0 aromatic heterocycles. The molecule has 0 aliphatic heterocycles. The number of carboxylic acid groups (broad SMARTS) is 1. The van der Waals surface area contributed by atoms with Crippen molar-refractivity contribution in [2.75, 3.05) is 0 Å². The molecule has 1 aromatic rings. The molecular weight excluding hydrogens is 204 g/mol. The summed E-state index contributed by atoms with van der Waals surface area (Å²) in [7, 11) is 0. The number of rotatable bonds is 5. The summed E-state index contributed by atoms with van der Waals surface area (Å²) in [6.45, 7) is 3.77. The van der Waals surface area contributed by atoms with Crippen LogP contribution in [0.3, 0.4) is 0 Å². The number of hydrogen-bond acceptors (Lipinski definition) is 2. The lowest BCUT2D eigenvalue weighted by Gasteiger charge is -2.04. The molecule has 0 heterocycles. The maximum Gasteiger partial charge on any atom is 0.335 e. The van der Waals surface area contributed by atoms with Crippen molar-refractivity contribution in [3.05, 3.63) is 35.4 Å². The van der Waals surface area contributed by atoms with Crippen molar-refractivity contribution in [1.29, 1.82) is 0 Å². The number of aromatic carboxylic acids is 1. The first kappa shape index (κ1) is 12.4. The SMILES string of the molecule is CC(C)C(=O)CCc1ccc(C(=O)O)cc1. The maximum atomic E-state index is 11.4. The zero-order chi connectivity index (χ0) is 12.1. The normalized spacial score (nSPS) is 10.4. The van der Waals surface area contributed by atoms with Gasteiger partial charge in [-0.05, 0) is 24.1 Å².